The van der Waals surface area contributed by atoms with E-state index in [9.17, 15) is 4.79 Å². The van der Waals surface area contributed by atoms with Gasteiger partial charge in [0, 0.05) is 6.54 Å². The van der Waals surface area contributed by atoms with Crippen LogP contribution in [-0.4, -0.2) is 18.5 Å². The number of carbonyl (C=O) groups is 1. The van der Waals surface area contributed by atoms with Gasteiger partial charge in [-0.05, 0) is 25.8 Å². The molecule has 0 saturated heterocycles. The van der Waals surface area contributed by atoms with Crippen molar-refractivity contribution in [1.82, 2.24) is 5.32 Å². The predicted octanol–water partition coefficient (Wildman–Crippen LogP) is 1.00. The summed E-state index contributed by atoms with van der Waals surface area (Å²) in [7, 11) is 0. The van der Waals surface area contributed by atoms with Crippen molar-refractivity contribution in [3.8, 4) is 0 Å². The van der Waals surface area contributed by atoms with Crippen LogP contribution in [0, 0.1) is 6.92 Å². The van der Waals surface area contributed by atoms with Crippen molar-refractivity contribution in [3.63, 3.8) is 0 Å². The lowest BCUT2D eigenvalue weighted by atomic mass is 10.1. The van der Waals surface area contributed by atoms with E-state index in [4.69, 9.17) is 5.73 Å². The molecule has 0 fully saturated rings. The Morgan fingerprint density at radius 3 is 2.87 bits per heavy atom. The van der Waals surface area contributed by atoms with E-state index in [2.05, 4.69) is 30.4 Å². The third-order valence-corrected chi connectivity index (χ3v) is 2.21. The van der Waals surface area contributed by atoms with Gasteiger partial charge in [-0.15, -0.1) is 0 Å². The van der Waals surface area contributed by atoms with Crippen LogP contribution >= 0.6 is 0 Å². The van der Waals surface area contributed by atoms with Crippen LogP contribution in [0.4, 0.5) is 0 Å². The SMILES string of the molecule is Cc1cccc(CCNC(=O)C(C)N)c1. The first-order valence-electron chi connectivity index (χ1n) is 5.18. The molecule has 3 nitrogen and oxygen atoms in total. The summed E-state index contributed by atoms with van der Waals surface area (Å²) in [6.45, 7) is 4.38. The number of amides is 1. The standard InChI is InChI=1S/C12H18N2O/c1-9-4-3-5-11(8-9)6-7-14-12(15)10(2)13/h3-5,8,10H,6-7,13H2,1-2H3,(H,14,15). The largest absolute Gasteiger partial charge is 0.354 e. The van der Waals surface area contributed by atoms with Crippen LogP contribution in [0.25, 0.3) is 0 Å². The number of hydrogen-bond donors (Lipinski definition) is 2. The third-order valence-electron chi connectivity index (χ3n) is 2.21. The lowest BCUT2D eigenvalue weighted by Crippen LogP contribution is -2.39. The van der Waals surface area contributed by atoms with E-state index < -0.39 is 6.04 Å². The Kier molecular flexibility index (Phi) is 4.31. The van der Waals surface area contributed by atoms with E-state index in [1.54, 1.807) is 6.92 Å². The fourth-order valence-corrected chi connectivity index (χ4v) is 1.36. The van der Waals surface area contributed by atoms with Gasteiger partial charge in [0.2, 0.25) is 5.91 Å². The average molecular weight is 206 g/mol. The van der Waals surface area contributed by atoms with E-state index in [1.807, 2.05) is 6.07 Å². The summed E-state index contributed by atoms with van der Waals surface area (Å²) in [5.74, 6) is -0.0948. The zero-order valence-corrected chi connectivity index (χ0v) is 9.29. The summed E-state index contributed by atoms with van der Waals surface area (Å²) in [5.41, 5.74) is 7.91. The van der Waals surface area contributed by atoms with Crippen LogP contribution in [0.2, 0.25) is 0 Å². The fraction of sp³-hybridized carbons (Fsp3) is 0.417. The third kappa shape index (κ3) is 4.13. The van der Waals surface area contributed by atoms with Crippen LogP contribution in [0.1, 0.15) is 18.1 Å². The lowest BCUT2D eigenvalue weighted by molar-refractivity contribution is -0.121. The quantitative estimate of drug-likeness (QED) is 0.772. The van der Waals surface area contributed by atoms with E-state index in [0.29, 0.717) is 6.54 Å². The Balaban J connectivity index is 2.35. The molecule has 0 bridgehead atoms. The second-order valence-electron chi connectivity index (χ2n) is 3.82. The van der Waals surface area contributed by atoms with Crippen LogP contribution in [0.5, 0.6) is 0 Å². The summed E-state index contributed by atoms with van der Waals surface area (Å²) in [5, 5.41) is 2.79. The average Bonchev–Trinajstić information content (AvgIpc) is 2.17. The molecule has 0 saturated carbocycles. The van der Waals surface area contributed by atoms with E-state index in [1.165, 1.54) is 11.1 Å². The number of carbonyl (C=O) groups excluding carboxylic acids is 1. The van der Waals surface area contributed by atoms with Crippen molar-refractivity contribution in [2.24, 2.45) is 5.73 Å². The van der Waals surface area contributed by atoms with Crippen LogP contribution < -0.4 is 11.1 Å². The maximum atomic E-state index is 11.2. The second-order valence-corrected chi connectivity index (χ2v) is 3.82. The minimum absolute atomic E-state index is 0.0948. The van der Waals surface area contributed by atoms with Crippen molar-refractivity contribution < 1.29 is 4.79 Å². The smallest absolute Gasteiger partial charge is 0.236 e. The van der Waals surface area contributed by atoms with Crippen molar-refractivity contribution in [1.29, 1.82) is 0 Å². The Morgan fingerprint density at radius 2 is 2.27 bits per heavy atom. The Morgan fingerprint density at radius 1 is 1.53 bits per heavy atom. The lowest BCUT2D eigenvalue weighted by Gasteiger charge is -2.07. The monoisotopic (exact) mass is 206 g/mol. The zero-order chi connectivity index (χ0) is 11.3. The highest BCUT2D eigenvalue weighted by Gasteiger charge is 2.05. The van der Waals surface area contributed by atoms with Gasteiger partial charge < -0.3 is 11.1 Å². The van der Waals surface area contributed by atoms with Gasteiger partial charge in [-0.3, -0.25) is 4.79 Å². The first-order valence-corrected chi connectivity index (χ1v) is 5.18. The first kappa shape index (κ1) is 11.7. The van der Waals surface area contributed by atoms with Gasteiger partial charge in [-0.25, -0.2) is 0 Å². The van der Waals surface area contributed by atoms with E-state index >= 15 is 0 Å². The molecule has 3 N–H and O–H groups in total. The van der Waals surface area contributed by atoms with Crippen LogP contribution in [0.15, 0.2) is 24.3 Å². The van der Waals surface area contributed by atoms with Gasteiger partial charge in [0.05, 0.1) is 6.04 Å². The number of benzene rings is 1. The predicted molar refractivity (Wildman–Crippen MR) is 61.5 cm³/mol. The Bertz CT molecular complexity index is 334. The maximum absolute atomic E-state index is 11.2. The molecule has 0 spiro atoms. The Labute approximate surface area is 90.7 Å². The van der Waals surface area contributed by atoms with Crippen LogP contribution in [0.3, 0.4) is 0 Å². The van der Waals surface area contributed by atoms with Gasteiger partial charge in [-0.2, -0.15) is 0 Å². The molecule has 0 aliphatic heterocycles. The number of aryl methyl sites for hydroxylation is 1. The molecule has 1 rings (SSSR count). The second kappa shape index (κ2) is 5.51. The van der Waals surface area contributed by atoms with Crippen LogP contribution in [-0.2, 0) is 11.2 Å². The molecule has 1 unspecified atom stereocenters. The fourth-order valence-electron chi connectivity index (χ4n) is 1.36. The number of nitrogens with one attached hydrogen (secondary N) is 1. The highest BCUT2D eigenvalue weighted by molar-refractivity contribution is 5.80. The van der Waals surface area contributed by atoms with Crippen molar-refractivity contribution in [2.75, 3.05) is 6.54 Å². The van der Waals surface area contributed by atoms with E-state index in [-0.39, 0.29) is 5.91 Å². The molecule has 1 amide bonds. The number of hydrogen-bond acceptors (Lipinski definition) is 2. The molecule has 0 aliphatic carbocycles. The topological polar surface area (TPSA) is 55.1 Å². The minimum Gasteiger partial charge on any atom is -0.354 e. The molecular weight excluding hydrogens is 188 g/mol. The zero-order valence-electron chi connectivity index (χ0n) is 9.29. The normalized spacial score (nSPS) is 12.2. The molecular formula is C12H18N2O. The summed E-state index contributed by atoms with van der Waals surface area (Å²) in [6, 6.07) is 7.84. The molecule has 1 aromatic carbocycles. The molecule has 1 aromatic rings. The molecule has 0 aromatic heterocycles. The van der Waals surface area contributed by atoms with Crippen molar-refractivity contribution >= 4 is 5.91 Å². The molecule has 0 heterocycles. The minimum atomic E-state index is -0.428. The highest BCUT2D eigenvalue weighted by atomic mass is 16.2. The molecule has 0 aliphatic rings. The van der Waals surface area contributed by atoms with E-state index in [0.717, 1.165) is 6.42 Å². The van der Waals surface area contributed by atoms with Gasteiger partial charge in [0.15, 0.2) is 0 Å². The maximum Gasteiger partial charge on any atom is 0.236 e. The van der Waals surface area contributed by atoms with Gasteiger partial charge in [0.1, 0.15) is 0 Å². The van der Waals surface area contributed by atoms with Gasteiger partial charge in [0.25, 0.3) is 0 Å². The molecule has 1 atom stereocenters. The summed E-state index contributed by atoms with van der Waals surface area (Å²) < 4.78 is 0. The molecule has 82 valence electrons. The van der Waals surface area contributed by atoms with Gasteiger partial charge in [-0.1, -0.05) is 29.8 Å². The van der Waals surface area contributed by atoms with Crippen molar-refractivity contribution in [3.05, 3.63) is 35.4 Å². The molecule has 3 heteroatoms. The summed E-state index contributed by atoms with van der Waals surface area (Å²) in [6.07, 6.45) is 0.847. The number of rotatable bonds is 4. The first-order chi connectivity index (χ1) is 7.09. The molecule has 15 heavy (non-hydrogen) atoms. The van der Waals surface area contributed by atoms with Gasteiger partial charge >= 0.3 is 0 Å². The Hall–Kier alpha value is -1.35. The molecule has 0 radical (unpaired) electrons. The number of nitrogens with two attached hydrogens (primary N) is 1. The van der Waals surface area contributed by atoms with Crippen molar-refractivity contribution in [2.45, 2.75) is 26.3 Å². The summed E-state index contributed by atoms with van der Waals surface area (Å²) >= 11 is 0. The highest BCUT2D eigenvalue weighted by Crippen LogP contribution is 2.03. The summed E-state index contributed by atoms with van der Waals surface area (Å²) in [4.78, 5) is 11.2.